The first-order valence-electron chi connectivity index (χ1n) is 5.65. The highest BCUT2D eigenvalue weighted by atomic mass is 16.2. The van der Waals surface area contributed by atoms with Crippen molar-refractivity contribution in [3.63, 3.8) is 0 Å². The van der Waals surface area contributed by atoms with Gasteiger partial charge in [-0.15, -0.1) is 0 Å². The maximum atomic E-state index is 11.8. The fourth-order valence-corrected chi connectivity index (χ4v) is 3.41. The molecule has 0 aromatic carbocycles. The van der Waals surface area contributed by atoms with E-state index in [0.717, 1.165) is 6.42 Å². The maximum absolute atomic E-state index is 11.8. The van der Waals surface area contributed by atoms with Crippen LogP contribution < -0.4 is 5.32 Å². The van der Waals surface area contributed by atoms with Crippen LogP contribution >= 0.6 is 0 Å². The Balaban J connectivity index is 2.04. The third-order valence-corrected chi connectivity index (χ3v) is 4.37. The zero-order valence-electron chi connectivity index (χ0n) is 9.21. The SMILES string of the molecule is CC(=O)N1C2(CCC2=O)CCC12CNC2=O. The van der Waals surface area contributed by atoms with Crippen LogP contribution in [0, 0.1) is 0 Å². The highest BCUT2D eigenvalue weighted by Crippen LogP contribution is 2.51. The minimum Gasteiger partial charge on any atom is -0.351 e. The summed E-state index contributed by atoms with van der Waals surface area (Å²) < 4.78 is 0. The average molecular weight is 222 g/mol. The second-order valence-electron chi connectivity index (χ2n) is 5.02. The Morgan fingerprint density at radius 3 is 2.25 bits per heavy atom. The van der Waals surface area contributed by atoms with Crippen molar-refractivity contribution in [3.05, 3.63) is 0 Å². The van der Waals surface area contributed by atoms with E-state index in [0.29, 0.717) is 25.8 Å². The first-order chi connectivity index (χ1) is 7.53. The molecule has 2 aliphatic heterocycles. The van der Waals surface area contributed by atoms with Gasteiger partial charge in [0, 0.05) is 13.3 Å². The molecule has 5 nitrogen and oxygen atoms in total. The number of Topliss-reactive ketones (excluding diaryl/α,β-unsaturated/α-hetero) is 1. The maximum Gasteiger partial charge on any atom is 0.247 e. The fourth-order valence-electron chi connectivity index (χ4n) is 3.41. The highest BCUT2D eigenvalue weighted by molar-refractivity contribution is 6.04. The zero-order chi connectivity index (χ0) is 11.6. The average Bonchev–Trinajstić information content (AvgIpc) is 2.65. The summed E-state index contributed by atoms with van der Waals surface area (Å²) in [6.07, 6.45) is 2.55. The van der Waals surface area contributed by atoms with E-state index in [9.17, 15) is 14.4 Å². The summed E-state index contributed by atoms with van der Waals surface area (Å²) >= 11 is 0. The lowest BCUT2D eigenvalue weighted by molar-refractivity contribution is -0.165. The van der Waals surface area contributed by atoms with Crippen LogP contribution in [-0.4, -0.2) is 40.1 Å². The molecule has 3 rings (SSSR count). The van der Waals surface area contributed by atoms with E-state index in [1.807, 2.05) is 0 Å². The quantitative estimate of drug-likeness (QED) is 0.567. The van der Waals surface area contributed by atoms with Crippen molar-refractivity contribution in [1.29, 1.82) is 0 Å². The summed E-state index contributed by atoms with van der Waals surface area (Å²) in [5.41, 5.74) is -1.34. The summed E-state index contributed by atoms with van der Waals surface area (Å²) in [6, 6.07) is 0. The van der Waals surface area contributed by atoms with E-state index < -0.39 is 11.1 Å². The fraction of sp³-hybridized carbons (Fsp3) is 0.727. The number of amides is 2. The molecule has 3 aliphatic rings. The van der Waals surface area contributed by atoms with Gasteiger partial charge in [0.25, 0.3) is 0 Å². The molecule has 1 saturated carbocycles. The molecule has 3 fully saturated rings. The van der Waals surface area contributed by atoms with Crippen molar-refractivity contribution in [2.75, 3.05) is 6.54 Å². The van der Waals surface area contributed by atoms with E-state index >= 15 is 0 Å². The molecule has 2 saturated heterocycles. The largest absolute Gasteiger partial charge is 0.351 e. The molecular weight excluding hydrogens is 208 g/mol. The van der Waals surface area contributed by atoms with Crippen LogP contribution in [0.15, 0.2) is 0 Å². The van der Waals surface area contributed by atoms with Gasteiger partial charge in [-0.3, -0.25) is 14.4 Å². The van der Waals surface area contributed by atoms with Gasteiger partial charge in [-0.25, -0.2) is 0 Å². The molecule has 2 atom stereocenters. The van der Waals surface area contributed by atoms with Gasteiger partial charge in [-0.1, -0.05) is 0 Å². The first kappa shape index (κ1) is 9.81. The monoisotopic (exact) mass is 222 g/mol. The molecule has 2 heterocycles. The molecule has 0 aromatic rings. The van der Waals surface area contributed by atoms with Crippen molar-refractivity contribution in [2.45, 2.75) is 43.7 Å². The lowest BCUT2D eigenvalue weighted by atomic mass is 9.73. The zero-order valence-corrected chi connectivity index (χ0v) is 9.21. The predicted octanol–water partition coefficient (Wildman–Crippen LogP) is -0.401. The van der Waals surface area contributed by atoms with E-state index in [2.05, 4.69) is 5.32 Å². The Hall–Kier alpha value is -1.39. The molecule has 2 unspecified atom stereocenters. The molecule has 5 heteroatoms. The normalized spacial score (nSPS) is 40.9. The lowest BCUT2D eigenvalue weighted by Crippen LogP contribution is -2.76. The number of carbonyl (C=O) groups excluding carboxylic acids is 3. The number of ketones is 1. The number of hydrogen-bond acceptors (Lipinski definition) is 3. The van der Waals surface area contributed by atoms with E-state index in [-0.39, 0.29) is 17.6 Å². The van der Waals surface area contributed by atoms with Crippen LogP contribution in [0.1, 0.15) is 32.6 Å². The Labute approximate surface area is 93.2 Å². The number of β-lactam (4-membered cyclic amide) rings is 1. The topological polar surface area (TPSA) is 66.5 Å². The van der Waals surface area contributed by atoms with E-state index in [1.54, 1.807) is 4.90 Å². The second-order valence-corrected chi connectivity index (χ2v) is 5.02. The molecule has 1 aliphatic carbocycles. The first-order valence-corrected chi connectivity index (χ1v) is 5.65. The van der Waals surface area contributed by atoms with Gasteiger partial charge < -0.3 is 10.2 Å². The number of hydrogen-bond donors (Lipinski definition) is 1. The van der Waals surface area contributed by atoms with Crippen LogP contribution in [0.2, 0.25) is 0 Å². The van der Waals surface area contributed by atoms with Crippen molar-refractivity contribution >= 4 is 17.6 Å². The molecule has 0 aromatic heterocycles. The predicted molar refractivity (Wildman–Crippen MR) is 54.5 cm³/mol. The van der Waals surface area contributed by atoms with Crippen LogP contribution in [0.4, 0.5) is 0 Å². The molecule has 0 radical (unpaired) electrons. The van der Waals surface area contributed by atoms with Gasteiger partial charge in [0.15, 0.2) is 5.78 Å². The third-order valence-electron chi connectivity index (χ3n) is 4.37. The lowest BCUT2D eigenvalue weighted by Gasteiger charge is -2.52. The molecule has 2 spiro atoms. The summed E-state index contributed by atoms with van der Waals surface area (Å²) in [4.78, 5) is 36.8. The van der Waals surface area contributed by atoms with Crippen LogP contribution in [0.5, 0.6) is 0 Å². The standard InChI is InChI=1S/C11H14N2O3/c1-7(14)13-10(3-2-8(10)15)4-5-11(13)6-12-9(11)16/h2-6H2,1H3,(H,12,16). The van der Waals surface area contributed by atoms with Gasteiger partial charge in [0.05, 0.1) is 6.54 Å². The third kappa shape index (κ3) is 0.817. The molecule has 1 N–H and O–H groups in total. The van der Waals surface area contributed by atoms with Gasteiger partial charge >= 0.3 is 0 Å². The molecule has 16 heavy (non-hydrogen) atoms. The summed E-state index contributed by atoms with van der Waals surface area (Å²) in [5.74, 6) is -0.126. The minimum absolute atomic E-state index is 0.0979. The van der Waals surface area contributed by atoms with Crippen molar-refractivity contribution in [3.8, 4) is 0 Å². The number of carbonyl (C=O) groups is 3. The Morgan fingerprint density at radius 2 is 1.94 bits per heavy atom. The molecule has 2 amide bonds. The molecule has 86 valence electrons. The second kappa shape index (κ2) is 2.64. The van der Waals surface area contributed by atoms with Crippen molar-refractivity contribution in [1.82, 2.24) is 10.2 Å². The van der Waals surface area contributed by atoms with Crippen LogP contribution in [0.25, 0.3) is 0 Å². The van der Waals surface area contributed by atoms with Crippen LogP contribution in [-0.2, 0) is 14.4 Å². The van der Waals surface area contributed by atoms with E-state index in [1.165, 1.54) is 6.92 Å². The Morgan fingerprint density at radius 1 is 1.25 bits per heavy atom. The molecular formula is C11H14N2O3. The Bertz CT molecular complexity index is 387. The molecule has 0 bridgehead atoms. The van der Waals surface area contributed by atoms with Crippen molar-refractivity contribution < 1.29 is 14.4 Å². The smallest absolute Gasteiger partial charge is 0.247 e. The summed E-state index contributed by atoms with van der Waals surface area (Å²) in [5, 5.41) is 2.68. The summed E-state index contributed by atoms with van der Waals surface area (Å²) in [7, 11) is 0. The number of nitrogens with zero attached hydrogens (tertiary/aromatic N) is 1. The minimum atomic E-state index is -0.706. The number of rotatable bonds is 0. The van der Waals surface area contributed by atoms with Gasteiger partial charge in [0.2, 0.25) is 11.8 Å². The van der Waals surface area contributed by atoms with Crippen molar-refractivity contribution in [2.24, 2.45) is 0 Å². The number of likely N-dealkylation sites (tertiary alicyclic amines) is 1. The number of nitrogens with one attached hydrogen (secondary N) is 1. The van der Waals surface area contributed by atoms with E-state index in [4.69, 9.17) is 0 Å². The highest BCUT2D eigenvalue weighted by Gasteiger charge is 2.68. The van der Waals surface area contributed by atoms with Gasteiger partial charge in [-0.05, 0) is 19.3 Å². The van der Waals surface area contributed by atoms with Gasteiger partial charge in [0.1, 0.15) is 11.1 Å². The Kier molecular flexibility index (Phi) is 1.62. The van der Waals surface area contributed by atoms with Crippen LogP contribution in [0.3, 0.4) is 0 Å². The summed E-state index contributed by atoms with van der Waals surface area (Å²) in [6.45, 7) is 1.95. The van der Waals surface area contributed by atoms with Gasteiger partial charge in [-0.2, -0.15) is 0 Å².